The van der Waals surface area contributed by atoms with Gasteiger partial charge in [0.2, 0.25) is 0 Å². The smallest absolute Gasteiger partial charge is 0.180 e. The fourth-order valence-corrected chi connectivity index (χ4v) is 3.82. The van der Waals surface area contributed by atoms with Crippen LogP contribution in [0.2, 0.25) is 0 Å². The Balaban J connectivity index is 3.03. The van der Waals surface area contributed by atoms with Crippen LogP contribution in [-0.4, -0.2) is 25.5 Å². The van der Waals surface area contributed by atoms with Gasteiger partial charge in [-0.1, -0.05) is 41.9 Å². The predicted molar refractivity (Wildman–Crippen MR) is 84.8 cm³/mol. The summed E-state index contributed by atoms with van der Waals surface area (Å²) >= 11 is 3.45. The zero-order chi connectivity index (χ0) is 14.5. The van der Waals surface area contributed by atoms with E-state index in [4.69, 9.17) is 0 Å². The first-order valence-electron chi connectivity index (χ1n) is 6.56. The number of hydrogen-bond donors (Lipinski definition) is 1. The monoisotopic (exact) mass is 347 g/mol. The molecular weight excluding hydrogens is 326 g/mol. The molecule has 0 radical (unpaired) electrons. The van der Waals surface area contributed by atoms with E-state index in [9.17, 15) is 8.42 Å². The summed E-state index contributed by atoms with van der Waals surface area (Å²) in [5.74, 6) is 0.607. The van der Waals surface area contributed by atoms with E-state index < -0.39 is 9.84 Å². The number of rotatable bonds is 7. The molecule has 2 atom stereocenters. The maximum Gasteiger partial charge on any atom is 0.180 e. The van der Waals surface area contributed by atoms with E-state index in [2.05, 4.69) is 35.1 Å². The van der Waals surface area contributed by atoms with Crippen molar-refractivity contribution in [2.45, 2.75) is 38.1 Å². The van der Waals surface area contributed by atoms with Crippen LogP contribution in [0.3, 0.4) is 0 Å². The van der Waals surface area contributed by atoms with Crippen LogP contribution in [0, 0.1) is 5.92 Å². The van der Waals surface area contributed by atoms with Crippen molar-refractivity contribution in [3.63, 3.8) is 0 Å². The van der Waals surface area contributed by atoms with Crippen molar-refractivity contribution in [3.05, 3.63) is 24.3 Å². The average molecular weight is 348 g/mol. The van der Waals surface area contributed by atoms with Gasteiger partial charge < -0.3 is 5.32 Å². The molecule has 0 spiro atoms. The standard InChI is InChI=1S/C14H22BrNO2S/c1-4-9-19(17,18)14-8-6-5-7-13(14)16-12(3)11(2)10-15/h5-8,11-12,16H,4,9-10H2,1-3H3. The minimum absolute atomic E-state index is 0.189. The number of hydrogen-bond acceptors (Lipinski definition) is 3. The van der Waals surface area contributed by atoms with E-state index in [1.807, 2.05) is 19.1 Å². The van der Waals surface area contributed by atoms with Gasteiger partial charge in [-0.2, -0.15) is 0 Å². The van der Waals surface area contributed by atoms with Crippen molar-refractivity contribution in [2.75, 3.05) is 16.4 Å². The fourth-order valence-electron chi connectivity index (χ4n) is 1.76. The molecule has 1 N–H and O–H groups in total. The quantitative estimate of drug-likeness (QED) is 0.765. The maximum atomic E-state index is 12.2. The highest BCUT2D eigenvalue weighted by molar-refractivity contribution is 9.09. The highest BCUT2D eigenvalue weighted by Gasteiger charge is 2.19. The lowest BCUT2D eigenvalue weighted by Crippen LogP contribution is -2.25. The largest absolute Gasteiger partial charge is 0.381 e. The Morgan fingerprint density at radius 3 is 2.47 bits per heavy atom. The maximum absolute atomic E-state index is 12.2. The molecule has 1 rings (SSSR count). The molecule has 0 bridgehead atoms. The van der Waals surface area contributed by atoms with Gasteiger partial charge in [-0.05, 0) is 31.4 Å². The number of para-hydroxylation sites is 1. The van der Waals surface area contributed by atoms with E-state index in [-0.39, 0.29) is 11.8 Å². The number of nitrogens with one attached hydrogen (secondary N) is 1. The summed E-state index contributed by atoms with van der Waals surface area (Å²) in [6, 6.07) is 7.35. The zero-order valence-corrected chi connectivity index (χ0v) is 14.1. The Morgan fingerprint density at radius 2 is 1.89 bits per heavy atom. The minimum atomic E-state index is -3.19. The summed E-state index contributed by atoms with van der Waals surface area (Å²) in [5.41, 5.74) is 0.705. The lowest BCUT2D eigenvalue weighted by molar-refractivity contribution is 0.569. The number of benzene rings is 1. The lowest BCUT2D eigenvalue weighted by atomic mass is 10.1. The highest BCUT2D eigenvalue weighted by Crippen LogP contribution is 2.24. The van der Waals surface area contributed by atoms with Crippen molar-refractivity contribution in [2.24, 2.45) is 5.92 Å². The van der Waals surface area contributed by atoms with Crippen LogP contribution in [0.4, 0.5) is 5.69 Å². The zero-order valence-electron chi connectivity index (χ0n) is 11.7. The molecule has 2 unspecified atom stereocenters. The van der Waals surface area contributed by atoms with Crippen LogP contribution in [0.1, 0.15) is 27.2 Å². The van der Waals surface area contributed by atoms with E-state index in [0.29, 0.717) is 22.9 Å². The number of anilines is 1. The predicted octanol–water partition coefficient (Wildman–Crippen LogP) is 3.70. The Morgan fingerprint density at radius 1 is 1.26 bits per heavy atom. The molecule has 0 heterocycles. The molecule has 1 aromatic carbocycles. The molecule has 5 heteroatoms. The molecule has 0 fully saturated rings. The van der Waals surface area contributed by atoms with Crippen molar-refractivity contribution < 1.29 is 8.42 Å². The summed E-state index contributed by atoms with van der Waals surface area (Å²) in [5, 5.41) is 4.20. The topological polar surface area (TPSA) is 46.2 Å². The normalized spacial score (nSPS) is 14.9. The van der Waals surface area contributed by atoms with Crippen LogP contribution in [0.5, 0.6) is 0 Å². The van der Waals surface area contributed by atoms with Gasteiger partial charge >= 0.3 is 0 Å². The van der Waals surface area contributed by atoms with Crippen LogP contribution in [-0.2, 0) is 9.84 Å². The number of alkyl halides is 1. The molecule has 1 aromatic rings. The van der Waals surface area contributed by atoms with Gasteiger partial charge in [0, 0.05) is 11.4 Å². The number of sulfone groups is 1. The minimum Gasteiger partial charge on any atom is -0.381 e. The van der Waals surface area contributed by atoms with Crippen LogP contribution in [0.15, 0.2) is 29.2 Å². The molecule has 0 aromatic heterocycles. The molecule has 0 aliphatic carbocycles. The van der Waals surface area contributed by atoms with E-state index in [0.717, 1.165) is 5.33 Å². The molecule has 0 amide bonds. The molecule has 3 nitrogen and oxygen atoms in total. The molecule has 0 aliphatic heterocycles. The summed E-state index contributed by atoms with van der Waals surface area (Å²) < 4.78 is 24.4. The third-order valence-electron chi connectivity index (χ3n) is 3.18. The summed E-state index contributed by atoms with van der Waals surface area (Å²) in [6.07, 6.45) is 0.629. The van der Waals surface area contributed by atoms with Gasteiger partial charge in [-0.15, -0.1) is 0 Å². The van der Waals surface area contributed by atoms with Crippen molar-refractivity contribution >= 4 is 31.5 Å². The van der Waals surface area contributed by atoms with Gasteiger partial charge in [0.05, 0.1) is 16.3 Å². The Kier molecular flexibility index (Phi) is 6.33. The SMILES string of the molecule is CCCS(=O)(=O)c1ccccc1NC(C)C(C)CBr. The highest BCUT2D eigenvalue weighted by atomic mass is 79.9. The van der Waals surface area contributed by atoms with E-state index >= 15 is 0 Å². The van der Waals surface area contributed by atoms with Crippen molar-refractivity contribution in [1.82, 2.24) is 0 Å². The van der Waals surface area contributed by atoms with Gasteiger partial charge in [0.15, 0.2) is 9.84 Å². The average Bonchev–Trinajstić information content (AvgIpc) is 2.38. The van der Waals surface area contributed by atoms with Crippen LogP contribution in [0.25, 0.3) is 0 Å². The Bertz CT molecular complexity index is 502. The summed E-state index contributed by atoms with van der Waals surface area (Å²) in [7, 11) is -3.19. The molecule has 0 aliphatic rings. The Hall–Kier alpha value is -0.550. The van der Waals surface area contributed by atoms with E-state index in [1.165, 1.54) is 0 Å². The second-order valence-corrected chi connectivity index (χ2v) is 7.60. The molecular formula is C14H22BrNO2S. The van der Waals surface area contributed by atoms with Crippen LogP contribution >= 0.6 is 15.9 Å². The fraction of sp³-hybridized carbons (Fsp3) is 0.571. The first kappa shape index (κ1) is 16.5. The molecule has 0 saturated carbocycles. The van der Waals surface area contributed by atoms with Gasteiger partial charge in [-0.3, -0.25) is 0 Å². The van der Waals surface area contributed by atoms with Gasteiger partial charge in [0.1, 0.15) is 0 Å². The first-order valence-corrected chi connectivity index (χ1v) is 9.34. The lowest BCUT2D eigenvalue weighted by Gasteiger charge is -2.22. The van der Waals surface area contributed by atoms with E-state index in [1.54, 1.807) is 12.1 Å². The summed E-state index contributed by atoms with van der Waals surface area (Å²) in [6.45, 7) is 6.06. The van der Waals surface area contributed by atoms with Crippen molar-refractivity contribution in [3.8, 4) is 0 Å². The van der Waals surface area contributed by atoms with Gasteiger partial charge in [-0.25, -0.2) is 8.42 Å². The van der Waals surface area contributed by atoms with Gasteiger partial charge in [0.25, 0.3) is 0 Å². The second-order valence-electron chi connectivity index (χ2n) is 4.88. The molecule has 19 heavy (non-hydrogen) atoms. The molecule has 0 saturated heterocycles. The first-order chi connectivity index (χ1) is 8.92. The number of halogens is 1. The second kappa shape index (κ2) is 7.29. The van der Waals surface area contributed by atoms with Crippen molar-refractivity contribution in [1.29, 1.82) is 0 Å². The third-order valence-corrected chi connectivity index (χ3v) is 6.17. The van der Waals surface area contributed by atoms with Crippen LogP contribution < -0.4 is 5.32 Å². The Labute approximate surface area is 124 Å². The third kappa shape index (κ3) is 4.49. The molecule has 108 valence electrons. The summed E-state index contributed by atoms with van der Waals surface area (Å²) in [4.78, 5) is 0.408.